The zero-order valence-electron chi connectivity index (χ0n) is 8.83. The van der Waals surface area contributed by atoms with Gasteiger partial charge in [-0.1, -0.05) is 17.9 Å². The maximum atomic E-state index is 11.9. The molecule has 1 unspecified atom stereocenters. The van der Waals surface area contributed by atoms with Gasteiger partial charge in [-0.2, -0.15) is 0 Å². The van der Waals surface area contributed by atoms with Crippen molar-refractivity contribution in [3.05, 3.63) is 12.7 Å². The number of rotatable bonds is 4. The van der Waals surface area contributed by atoms with Gasteiger partial charge in [-0.05, 0) is 27.2 Å². The Morgan fingerprint density at radius 1 is 1.43 bits per heavy atom. The molecule has 0 aliphatic carbocycles. The van der Waals surface area contributed by atoms with Crippen molar-refractivity contribution in [3.8, 4) is 23.2 Å². The van der Waals surface area contributed by atoms with Crippen LogP contribution in [-0.2, 0) is 9.09 Å². The molecule has 3 heteroatoms. The molecule has 0 aliphatic heterocycles. The van der Waals surface area contributed by atoms with E-state index in [0.29, 0.717) is 6.42 Å². The molecule has 0 heterocycles. The molecule has 14 heavy (non-hydrogen) atoms. The van der Waals surface area contributed by atoms with Gasteiger partial charge in [-0.15, -0.1) is 6.58 Å². The first-order valence-corrected chi connectivity index (χ1v) is 5.97. The molecule has 0 N–H and O–H groups in total. The van der Waals surface area contributed by atoms with E-state index >= 15 is 0 Å². The van der Waals surface area contributed by atoms with Gasteiger partial charge in [-0.25, -0.2) is 0 Å². The van der Waals surface area contributed by atoms with Crippen molar-refractivity contribution in [1.82, 2.24) is 0 Å². The van der Waals surface area contributed by atoms with Gasteiger partial charge in [0, 0.05) is 11.3 Å². The molecule has 0 aromatic rings. The molecule has 0 radical (unpaired) electrons. The molecule has 0 saturated heterocycles. The van der Waals surface area contributed by atoms with Crippen molar-refractivity contribution in [1.29, 1.82) is 0 Å². The summed E-state index contributed by atoms with van der Waals surface area (Å²) in [5, 5.41) is 0. The molecule has 0 aromatic carbocycles. The van der Waals surface area contributed by atoms with Crippen molar-refractivity contribution in [3.63, 3.8) is 0 Å². The van der Waals surface area contributed by atoms with Gasteiger partial charge >= 0.3 is 7.37 Å². The molecule has 0 amide bonds. The number of hydrogen-bond acceptors (Lipinski definition) is 2. The summed E-state index contributed by atoms with van der Waals surface area (Å²) in [7, 11) is -3.08. The van der Waals surface area contributed by atoms with E-state index in [-0.39, 0.29) is 6.10 Å². The van der Waals surface area contributed by atoms with Crippen LogP contribution in [0.3, 0.4) is 0 Å². The molecule has 2 nitrogen and oxygen atoms in total. The van der Waals surface area contributed by atoms with Gasteiger partial charge in [-0.3, -0.25) is 4.57 Å². The van der Waals surface area contributed by atoms with Crippen LogP contribution in [-0.4, -0.2) is 6.10 Å². The molecule has 76 valence electrons. The van der Waals surface area contributed by atoms with Crippen molar-refractivity contribution < 1.29 is 9.09 Å². The Labute approximate surface area is 86.2 Å². The summed E-state index contributed by atoms with van der Waals surface area (Å²) in [4.78, 5) is 0. The maximum Gasteiger partial charge on any atom is 0.345 e. The summed E-state index contributed by atoms with van der Waals surface area (Å²) in [6.45, 7) is 8.64. The molecular formula is C11H15O2P. The van der Waals surface area contributed by atoms with Crippen LogP contribution in [0, 0.1) is 23.2 Å². The van der Waals surface area contributed by atoms with Gasteiger partial charge in [0.15, 0.2) is 0 Å². The molecule has 0 aliphatic rings. The standard InChI is InChI=1S/C11H15O2P/c1-5-8-11(4)13-14(12,9-6-2)10-7-3/h5,11H,1,8H2,2-4H3. The van der Waals surface area contributed by atoms with Crippen LogP contribution in [0.4, 0.5) is 0 Å². The highest BCUT2D eigenvalue weighted by Crippen LogP contribution is 2.46. The Balaban J connectivity index is 4.64. The van der Waals surface area contributed by atoms with Crippen LogP contribution in [0.15, 0.2) is 12.7 Å². The summed E-state index contributed by atoms with van der Waals surface area (Å²) in [6, 6.07) is 0. The van der Waals surface area contributed by atoms with Crippen molar-refractivity contribution in [2.24, 2.45) is 0 Å². The van der Waals surface area contributed by atoms with Gasteiger partial charge < -0.3 is 4.52 Å². The molecule has 0 rings (SSSR count). The SMILES string of the molecule is C=CCC(C)OP(=O)(C#CC)C#CC. The molecule has 0 aromatic heterocycles. The minimum atomic E-state index is -3.08. The highest BCUT2D eigenvalue weighted by atomic mass is 31.2. The third kappa shape index (κ3) is 4.93. The first kappa shape index (κ1) is 13.1. The highest BCUT2D eigenvalue weighted by molar-refractivity contribution is 7.69. The molecular weight excluding hydrogens is 195 g/mol. The molecule has 1 atom stereocenters. The Kier molecular flexibility index (Phi) is 6.06. The number of hydrogen-bond donors (Lipinski definition) is 0. The van der Waals surface area contributed by atoms with Crippen molar-refractivity contribution in [2.45, 2.75) is 33.3 Å². The van der Waals surface area contributed by atoms with Crippen LogP contribution in [0.25, 0.3) is 0 Å². The van der Waals surface area contributed by atoms with E-state index < -0.39 is 7.37 Å². The van der Waals surface area contributed by atoms with E-state index in [9.17, 15) is 4.57 Å². The fraction of sp³-hybridized carbons (Fsp3) is 0.455. The van der Waals surface area contributed by atoms with E-state index in [2.05, 4.69) is 29.7 Å². The Hall–Kier alpha value is -0.950. The lowest BCUT2D eigenvalue weighted by atomic mass is 10.3. The highest BCUT2D eigenvalue weighted by Gasteiger charge is 2.19. The molecule has 0 bridgehead atoms. The predicted molar refractivity (Wildman–Crippen MR) is 59.9 cm³/mol. The van der Waals surface area contributed by atoms with E-state index in [1.807, 2.05) is 6.92 Å². The minimum Gasteiger partial charge on any atom is -0.307 e. The topological polar surface area (TPSA) is 26.3 Å². The zero-order chi connectivity index (χ0) is 11.0. The predicted octanol–water partition coefficient (Wildman–Crippen LogP) is 3.21. The normalized spacial score (nSPS) is 11.6. The van der Waals surface area contributed by atoms with Crippen LogP contribution >= 0.6 is 7.37 Å². The fourth-order valence-corrected chi connectivity index (χ4v) is 2.25. The summed E-state index contributed by atoms with van der Waals surface area (Å²) < 4.78 is 17.2. The average Bonchev–Trinajstić information content (AvgIpc) is 2.04. The van der Waals surface area contributed by atoms with Crippen LogP contribution < -0.4 is 0 Å². The van der Waals surface area contributed by atoms with Crippen molar-refractivity contribution in [2.75, 3.05) is 0 Å². The summed E-state index contributed by atoms with van der Waals surface area (Å²) in [6.07, 6.45) is 2.19. The van der Waals surface area contributed by atoms with Gasteiger partial charge in [0.25, 0.3) is 0 Å². The van der Waals surface area contributed by atoms with Crippen molar-refractivity contribution >= 4 is 7.37 Å². The smallest absolute Gasteiger partial charge is 0.307 e. The summed E-state index contributed by atoms with van der Waals surface area (Å²) in [5.74, 6) is 5.15. The lowest BCUT2D eigenvalue weighted by molar-refractivity contribution is 0.237. The van der Waals surface area contributed by atoms with Gasteiger partial charge in [0.2, 0.25) is 0 Å². The first-order valence-electron chi connectivity index (χ1n) is 4.35. The third-order valence-electron chi connectivity index (χ3n) is 1.34. The summed E-state index contributed by atoms with van der Waals surface area (Å²) >= 11 is 0. The lowest BCUT2D eigenvalue weighted by Gasteiger charge is -2.12. The third-order valence-corrected chi connectivity index (χ3v) is 3.04. The maximum absolute atomic E-state index is 11.9. The van der Waals surface area contributed by atoms with E-state index in [1.54, 1.807) is 19.9 Å². The van der Waals surface area contributed by atoms with E-state index in [0.717, 1.165) is 0 Å². The average molecular weight is 210 g/mol. The van der Waals surface area contributed by atoms with Gasteiger partial charge in [0.05, 0.1) is 6.10 Å². The Morgan fingerprint density at radius 3 is 2.29 bits per heavy atom. The fourth-order valence-electron chi connectivity index (χ4n) is 0.906. The lowest BCUT2D eigenvalue weighted by Crippen LogP contribution is -2.03. The largest absolute Gasteiger partial charge is 0.345 e. The second-order valence-corrected chi connectivity index (χ2v) is 4.48. The zero-order valence-corrected chi connectivity index (χ0v) is 9.73. The monoisotopic (exact) mass is 210 g/mol. The summed E-state index contributed by atoms with van der Waals surface area (Å²) in [5.41, 5.74) is 5.05. The second-order valence-electron chi connectivity index (χ2n) is 2.72. The molecule has 0 saturated carbocycles. The second kappa shape index (κ2) is 6.50. The quantitative estimate of drug-likeness (QED) is 0.404. The van der Waals surface area contributed by atoms with Crippen LogP contribution in [0.2, 0.25) is 0 Å². The first-order chi connectivity index (χ1) is 6.58. The van der Waals surface area contributed by atoms with Crippen LogP contribution in [0.1, 0.15) is 27.2 Å². The van der Waals surface area contributed by atoms with Gasteiger partial charge in [0.1, 0.15) is 0 Å². The van der Waals surface area contributed by atoms with E-state index in [1.165, 1.54) is 0 Å². The molecule has 0 fully saturated rings. The Morgan fingerprint density at radius 2 is 1.93 bits per heavy atom. The Bertz CT molecular complexity index is 325. The van der Waals surface area contributed by atoms with E-state index in [4.69, 9.17) is 4.52 Å². The van der Waals surface area contributed by atoms with Crippen LogP contribution in [0.5, 0.6) is 0 Å². The molecule has 0 spiro atoms. The minimum absolute atomic E-state index is 0.167.